The lowest BCUT2D eigenvalue weighted by Gasteiger charge is -2.25. The van der Waals surface area contributed by atoms with Gasteiger partial charge in [-0.3, -0.25) is 9.36 Å². The molecule has 0 radical (unpaired) electrons. The summed E-state index contributed by atoms with van der Waals surface area (Å²) in [6.45, 7) is 7.81. The second-order valence-corrected chi connectivity index (χ2v) is 9.65. The van der Waals surface area contributed by atoms with E-state index in [-0.39, 0.29) is 18.3 Å². The summed E-state index contributed by atoms with van der Waals surface area (Å²) in [5.41, 5.74) is 2.08. The number of fused-ring (bicyclic) bond motifs is 1. The first-order valence-electron chi connectivity index (χ1n) is 11.5. The van der Waals surface area contributed by atoms with E-state index in [1.54, 1.807) is 19.9 Å². The summed E-state index contributed by atoms with van der Waals surface area (Å²) in [6, 6.07) is 14.1. The Hall–Kier alpha value is -3.16. The molecule has 8 heteroatoms. The lowest BCUT2D eigenvalue weighted by Crippen LogP contribution is -2.40. The first-order valence-corrected chi connectivity index (χ1v) is 12.7. The van der Waals surface area contributed by atoms with Crippen molar-refractivity contribution in [3.05, 3.63) is 95.6 Å². The number of hydrogen-bond donors (Lipinski definition) is 0. The van der Waals surface area contributed by atoms with Gasteiger partial charge >= 0.3 is 5.97 Å². The molecule has 35 heavy (non-hydrogen) atoms. The highest BCUT2D eigenvalue weighted by atomic mass is 35.5. The van der Waals surface area contributed by atoms with Crippen LogP contribution in [0.4, 0.5) is 0 Å². The van der Waals surface area contributed by atoms with Crippen molar-refractivity contribution in [2.45, 2.75) is 46.3 Å². The molecule has 1 aromatic heterocycles. The van der Waals surface area contributed by atoms with Gasteiger partial charge in [0.15, 0.2) is 4.80 Å². The number of allylic oxidation sites excluding steroid dienone is 1. The van der Waals surface area contributed by atoms with Crippen molar-refractivity contribution >= 4 is 35.0 Å². The number of esters is 1. The number of carbonyl (C=O) groups excluding carboxylic acids is 1. The number of thiazole rings is 1. The Morgan fingerprint density at radius 1 is 1.20 bits per heavy atom. The Bertz CT molecular complexity index is 1450. The number of benzene rings is 2. The number of hydrogen-bond acceptors (Lipinski definition) is 6. The normalized spacial score (nSPS) is 16.5. The van der Waals surface area contributed by atoms with Crippen molar-refractivity contribution < 1.29 is 14.3 Å². The summed E-state index contributed by atoms with van der Waals surface area (Å²) in [5, 5.41) is 0.459. The van der Waals surface area contributed by atoms with Gasteiger partial charge in [-0.05, 0) is 62.6 Å². The quantitative estimate of drug-likeness (QED) is 0.434. The molecular formula is C27H27ClN2O4S. The molecule has 0 bridgehead atoms. The van der Waals surface area contributed by atoms with Crippen LogP contribution in [0.2, 0.25) is 5.02 Å². The number of halogens is 1. The molecule has 6 nitrogen and oxygen atoms in total. The van der Waals surface area contributed by atoms with Crippen LogP contribution in [0.3, 0.4) is 0 Å². The number of ether oxygens (including phenoxy) is 2. The Balaban J connectivity index is 1.84. The predicted octanol–water partition coefficient (Wildman–Crippen LogP) is 4.63. The van der Waals surface area contributed by atoms with Crippen LogP contribution in [0.1, 0.15) is 51.3 Å². The zero-order valence-corrected chi connectivity index (χ0v) is 21.7. The van der Waals surface area contributed by atoms with Crippen LogP contribution in [0, 0.1) is 0 Å². The van der Waals surface area contributed by atoms with E-state index in [0.717, 1.165) is 17.7 Å². The molecule has 182 valence electrons. The van der Waals surface area contributed by atoms with Crippen LogP contribution in [-0.2, 0) is 9.53 Å². The Morgan fingerprint density at radius 3 is 2.57 bits per heavy atom. The van der Waals surface area contributed by atoms with Gasteiger partial charge in [0, 0.05) is 5.02 Å². The summed E-state index contributed by atoms with van der Waals surface area (Å²) in [7, 11) is 0. The average Bonchev–Trinajstić information content (AvgIpc) is 3.14. The van der Waals surface area contributed by atoms with E-state index in [4.69, 9.17) is 21.1 Å². The van der Waals surface area contributed by atoms with Gasteiger partial charge in [-0.2, -0.15) is 0 Å². The molecule has 0 N–H and O–H groups in total. The van der Waals surface area contributed by atoms with Gasteiger partial charge in [0.1, 0.15) is 11.8 Å². The maximum atomic E-state index is 13.6. The average molecular weight is 511 g/mol. The van der Waals surface area contributed by atoms with Gasteiger partial charge in [0.05, 0.1) is 28.5 Å². The van der Waals surface area contributed by atoms with E-state index in [1.807, 2.05) is 55.5 Å². The molecule has 0 saturated heterocycles. The van der Waals surface area contributed by atoms with Crippen LogP contribution in [0.15, 0.2) is 69.6 Å². The summed E-state index contributed by atoms with van der Waals surface area (Å²) in [5.74, 6) is 0.274. The maximum absolute atomic E-state index is 13.6. The largest absolute Gasteiger partial charge is 0.491 e. The number of aromatic nitrogens is 1. The lowest BCUT2D eigenvalue weighted by atomic mass is 9.96. The van der Waals surface area contributed by atoms with Crippen LogP contribution < -0.4 is 19.6 Å². The monoisotopic (exact) mass is 510 g/mol. The van der Waals surface area contributed by atoms with Crippen LogP contribution in [0.25, 0.3) is 6.08 Å². The third-order valence-electron chi connectivity index (χ3n) is 5.81. The third-order valence-corrected chi connectivity index (χ3v) is 7.13. The fourth-order valence-electron chi connectivity index (χ4n) is 3.89. The molecule has 0 aliphatic carbocycles. The molecule has 0 amide bonds. The molecular weight excluding hydrogens is 484 g/mol. The SMILES string of the molecule is CCOC(=O)C1=C(C)N=c2s/c(=C/c3ccc(O[C@@H](C)CC)cc3)c(=O)n2[C@H]1c1ccccc1Cl. The van der Waals surface area contributed by atoms with Gasteiger partial charge in [0.25, 0.3) is 5.56 Å². The number of rotatable bonds is 7. The van der Waals surface area contributed by atoms with Gasteiger partial charge in [0.2, 0.25) is 0 Å². The minimum absolute atomic E-state index is 0.131. The van der Waals surface area contributed by atoms with Crippen LogP contribution in [0.5, 0.6) is 5.75 Å². The molecule has 3 aromatic rings. The minimum Gasteiger partial charge on any atom is -0.491 e. The number of nitrogens with zero attached hydrogens (tertiary/aromatic N) is 2. The molecule has 0 saturated carbocycles. The number of carbonyl (C=O) groups is 1. The topological polar surface area (TPSA) is 69.9 Å². The lowest BCUT2D eigenvalue weighted by molar-refractivity contribution is -0.139. The highest BCUT2D eigenvalue weighted by Crippen LogP contribution is 2.34. The highest BCUT2D eigenvalue weighted by molar-refractivity contribution is 7.07. The Labute approximate surface area is 212 Å². The van der Waals surface area contributed by atoms with Crippen molar-refractivity contribution in [3.63, 3.8) is 0 Å². The smallest absolute Gasteiger partial charge is 0.338 e. The standard InChI is InChI=1S/C27H27ClN2O4S/c1-5-16(3)34-19-13-11-18(12-14-19)15-22-25(31)30-24(20-9-7-8-10-21(20)28)23(26(32)33-6-2)17(4)29-27(30)35-22/h7-16,24H,5-6H2,1-4H3/b22-15+/t16-,24-/m0/s1. The van der Waals surface area contributed by atoms with E-state index >= 15 is 0 Å². The van der Waals surface area contributed by atoms with E-state index in [1.165, 1.54) is 15.9 Å². The van der Waals surface area contributed by atoms with Gasteiger partial charge in [-0.25, -0.2) is 9.79 Å². The summed E-state index contributed by atoms with van der Waals surface area (Å²) in [4.78, 5) is 31.7. The van der Waals surface area contributed by atoms with Crippen molar-refractivity contribution in [2.75, 3.05) is 6.61 Å². The highest BCUT2D eigenvalue weighted by Gasteiger charge is 2.34. The summed E-state index contributed by atoms with van der Waals surface area (Å²) in [6.07, 6.45) is 2.87. The third kappa shape index (κ3) is 5.11. The Kier molecular flexibility index (Phi) is 7.57. The fraction of sp³-hybridized carbons (Fsp3) is 0.296. The van der Waals surface area contributed by atoms with Crippen molar-refractivity contribution in [1.29, 1.82) is 0 Å². The second-order valence-electron chi connectivity index (χ2n) is 8.23. The second kappa shape index (κ2) is 10.6. The van der Waals surface area contributed by atoms with E-state index in [2.05, 4.69) is 11.9 Å². The molecule has 0 unspecified atom stereocenters. The minimum atomic E-state index is -0.729. The van der Waals surface area contributed by atoms with Crippen molar-refractivity contribution in [1.82, 2.24) is 4.57 Å². The summed E-state index contributed by atoms with van der Waals surface area (Å²) >= 11 is 7.81. The Morgan fingerprint density at radius 2 is 1.91 bits per heavy atom. The zero-order valence-electron chi connectivity index (χ0n) is 20.1. The van der Waals surface area contributed by atoms with E-state index < -0.39 is 12.0 Å². The van der Waals surface area contributed by atoms with Crippen LogP contribution >= 0.6 is 22.9 Å². The summed E-state index contributed by atoms with van der Waals surface area (Å²) < 4.78 is 13.2. The molecule has 2 atom stereocenters. The van der Waals surface area contributed by atoms with E-state index in [0.29, 0.717) is 31.2 Å². The first kappa shape index (κ1) is 24.9. The van der Waals surface area contributed by atoms with Crippen LogP contribution in [-0.4, -0.2) is 23.2 Å². The van der Waals surface area contributed by atoms with Gasteiger partial charge in [-0.1, -0.05) is 60.2 Å². The molecule has 0 fully saturated rings. The maximum Gasteiger partial charge on any atom is 0.338 e. The molecule has 4 rings (SSSR count). The molecule has 0 spiro atoms. The van der Waals surface area contributed by atoms with E-state index in [9.17, 15) is 9.59 Å². The molecule has 1 aliphatic rings. The molecule has 2 heterocycles. The first-order chi connectivity index (χ1) is 16.8. The van der Waals surface area contributed by atoms with Crippen molar-refractivity contribution in [2.24, 2.45) is 4.99 Å². The van der Waals surface area contributed by atoms with Gasteiger partial charge in [-0.15, -0.1) is 0 Å². The fourth-order valence-corrected chi connectivity index (χ4v) is 5.18. The predicted molar refractivity (Wildman–Crippen MR) is 139 cm³/mol. The molecule has 1 aliphatic heterocycles. The zero-order chi connectivity index (χ0) is 25.1. The molecule has 2 aromatic carbocycles. The van der Waals surface area contributed by atoms with Gasteiger partial charge < -0.3 is 9.47 Å². The van der Waals surface area contributed by atoms with Crippen molar-refractivity contribution in [3.8, 4) is 5.75 Å².